The Hall–Kier alpha value is -1.51. The van der Waals surface area contributed by atoms with Gasteiger partial charge in [0.1, 0.15) is 10.7 Å². The van der Waals surface area contributed by atoms with Gasteiger partial charge in [-0.05, 0) is 25.2 Å². The fraction of sp³-hybridized carbons (Fsp3) is 0.417. The molecule has 0 atom stereocenters. The van der Waals surface area contributed by atoms with Gasteiger partial charge in [-0.2, -0.15) is 4.31 Å². The van der Waals surface area contributed by atoms with E-state index in [0.29, 0.717) is 26.2 Å². The molecule has 2 rings (SSSR count). The van der Waals surface area contributed by atoms with Gasteiger partial charge in [-0.3, -0.25) is 0 Å². The van der Waals surface area contributed by atoms with Gasteiger partial charge in [-0.25, -0.2) is 17.6 Å². The molecule has 1 heterocycles. The molecule has 0 aliphatic carbocycles. The Morgan fingerprint density at radius 2 is 1.85 bits per heavy atom. The maximum Gasteiger partial charge on any atom is 0.335 e. The summed E-state index contributed by atoms with van der Waals surface area (Å²) in [5.41, 5.74) is -0.278. The van der Waals surface area contributed by atoms with E-state index in [-0.39, 0.29) is 5.56 Å². The number of rotatable bonds is 3. The molecule has 110 valence electrons. The summed E-state index contributed by atoms with van der Waals surface area (Å²) in [5, 5.41) is 8.75. The van der Waals surface area contributed by atoms with Crippen LogP contribution >= 0.6 is 0 Å². The zero-order chi connectivity index (χ0) is 14.9. The van der Waals surface area contributed by atoms with E-state index < -0.39 is 26.7 Å². The Bertz CT molecular complexity index is 624. The normalized spacial score (nSPS) is 18.1. The Kier molecular flexibility index (Phi) is 4.07. The molecule has 0 bridgehead atoms. The summed E-state index contributed by atoms with van der Waals surface area (Å²) in [6, 6.07) is 2.83. The minimum absolute atomic E-state index is 0.278. The molecule has 1 fully saturated rings. The predicted octanol–water partition coefficient (Wildman–Crippen LogP) is 0.460. The summed E-state index contributed by atoms with van der Waals surface area (Å²) < 4.78 is 39.7. The van der Waals surface area contributed by atoms with Crippen molar-refractivity contribution in [2.24, 2.45) is 0 Å². The van der Waals surface area contributed by atoms with Gasteiger partial charge >= 0.3 is 5.97 Å². The molecule has 0 amide bonds. The molecule has 20 heavy (non-hydrogen) atoms. The minimum Gasteiger partial charge on any atom is -0.478 e. The molecule has 8 heteroatoms. The highest BCUT2D eigenvalue weighted by Crippen LogP contribution is 2.21. The fourth-order valence-corrected chi connectivity index (χ4v) is 3.48. The quantitative estimate of drug-likeness (QED) is 0.877. The lowest BCUT2D eigenvalue weighted by molar-refractivity contribution is 0.0696. The van der Waals surface area contributed by atoms with Crippen molar-refractivity contribution in [3.8, 4) is 0 Å². The summed E-state index contributed by atoms with van der Waals surface area (Å²) in [6.07, 6.45) is 0. The Morgan fingerprint density at radius 1 is 1.25 bits per heavy atom. The highest BCUT2D eigenvalue weighted by molar-refractivity contribution is 7.89. The van der Waals surface area contributed by atoms with Crippen LogP contribution < -0.4 is 0 Å². The van der Waals surface area contributed by atoms with Crippen LogP contribution in [0.25, 0.3) is 0 Å². The average molecular weight is 302 g/mol. The van der Waals surface area contributed by atoms with Crippen molar-refractivity contribution in [2.75, 3.05) is 33.2 Å². The van der Waals surface area contributed by atoms with Crippen molar-refractivity contribution < 1.29 is 22.7 Å². The van der Waals surface area contributed by atoms with E-state index in [1.807, 2.05) is 11.9 Å². The molecule has 0 unspecified atom stereocenters. The standard InChI is InChI=1S/C12H15FN2O4S/c1-14-4-6-15(7-5-14)20(18,19)11-3-2-9(12(16)17)8-10(11)13/h2-3,8H,4-7H2,1H3,(H,16,17). The lowest BCUT2D eigenvalue weighted by Crippen LogP contribution is -2.47. The van der Waals surface area contributed by atoms with E-state index in [9.17, 15) is 17.6 Å². The molecule has 1 N–H and O–H groups in total. The summed E-state index contributed by atoms with van der Waals surface area (Å²) >= 11 is 0. The van der Waals surface area contributed by atoms with Crippen molar-refractivity contribution in [3.05, 3.63) is 29.6 Å². The van der Waals surface area contributed by atoms with Crippen molar-refractivity contribution in [1.29, 1.82) is 0 Å². The zero-order valence-corrected chi connectivity index (χ0v) is 11.7. The molecule has 1 saturated heterocycles. The lowest BCUT2D eigenvalue weighted by atomic mass is 10.2. The van der Waals surface area contributed by atoms with E-state index in [4.69, 9.17) is 5.11 Å². The van der Waals surface area contributed by atoms with Gasteiger partial charge in [0.2, 0.25) is 10.0 Å². The first-order valence-corrected chi connectivity index (χ1v) is 7.48. The molecule has 1 aliphatic rings. The van der Waals surface area contributed by atoms with Crippen LogP contribution in [0, 0.1) is 5.82 Å². The Balaban J connectivity index is 2.32. The van der Waals surface area contributed by atoms with Crippen LogP contribution in [0.2, 0.25) is 0 Å². The van der Waals surface area contributed by atoms with Crippen LogP contribution in [0.15, 0.2) is 23.1 Å². The third kappa shape index (κ3) is 2.82. The van der Waals surface area contributed by atoms with Crippen LogP contribution in [0.4, 0.5) is 4.39 Å². The molecule has 1 aromatic carbocycles. The number of benzene rings is 1. The smallest absolute Gasteiger partial charge is 0.335 e. The van der Waals surface area contributed by atoms with Crippen molar-refractivity contribution >= 4 is 16.0 Å². The number of hydrogen-bond donors (Lipinski definition) is 1. The zero-order valence-electron chi connectivity index (χ0n) is 10.9. The molecule has 1 aromatic rings. The number of sulfonamides is 1. The number of carboxylic acid groups (broad SMARTS) is 1. The second-order valence-electron chi connectivity index (χ2n) is 4.66. The van der Waals surface area contributed by atoms with Gasteiger partial charge in [0.05, 0.1) is 5.56 Å². The summed E-state index contributed by atoms with van der Waals surface area (Å²) in [6.45, 7) is 1.74. The topological polar surface area (TPSA) is 77.9 Å². The predicted molar refractivity (Wildman–Crippen MR) is 69.6 cm³/mol. The largest absolute Gasteiger partial charge is 0.478 e. The average Bonchev–Trinajstić information content (AvgIpc) is 2.38. The lowest BCUT2D eigenvalue weighted by Gasteiger charge is -2.31. The molecule has 6 nitrogen and oxygen atoms in total. The maximum absolute atomic E-state index is 13.9. The van der Waals surface area contributed by atoms with Gasteiger partial charge < -0.3 is 10.0 Å². The number of likely N-dealkylation sites (N-methyl/N-ethyl adjacent to an activating group) is 1. The van der Waals surface area contributed by atoms with E-state index in [2.05, 4.69) is 0 Å². The third-order valence-electron chi connectivity index (χ3n) is 3.26. The number of halogens is 1. The van der Waals surface area contributed by atoms with E-state index in [1.54, 1.807) is 0 Å². The summed E-state index contributed by atoms with van der Waals surface area (Å²) in [5.74, 6) is -2.34. The van der Waals surface area contributed by atoms with Gasteiger partial charge in [0.25, 0.3) is 0 Å². The van der Waals surface area contributed by atoms with Crippen LogP contribution in [0.5, 0.6) is 0 Å². The first-order valence-electron chi connectivity index (χ1n) is 6.04. The number of hydrogen-bond acceptors (Lipinski definition) is 4. The Labute approximate surface area is 116 Å². The van der Waals surface area contributed by atoms with E-state index in [1.165, 1.54) is 4.31 Å². The summed E-state index contributed by atoms with van der Waals surface area (Å²) in [7, 11) is -2.04. The van der Waals surface area contributed by atoms with Crippen LogP contribution in [-0.2, 0) is 10.0 Å². The molecule has 0 radical (unpaired) electrons. The van der Waals surface area contributed by atoms with E-state index >= 15 is 0 Å². The van der Waals surface area contributed by atoms with E-state index in [0.717, 1.165) is 18.2 Å². The Morgan fingerprint density at radius 3 is 2.35 bits per heavy atom. The first-order chi connectivity index (χ1) is 9.32. The second kappa shape index (κ2) is 5.47. The molecular formula is C12H15FN2O4S. The number of carboxylic acids is 1. The molecule has 1 aliphatic heterocycles. The molecular weight excluding hydrogens is 287 g/mol. The van der Waals surface area contributed by atoms with Gasteiger partial charge in [-0.1, -0.05) is 0 Å². The first kappa shape index (κ1) is 14.9. The summed E-state index contributed by atoms with van der Waals surface area (Å²) in [4.78, 5) is 12.2. The fourth-order valence-electron chi connectivity index (χ4n) is 2.01. The minimum atomic E-state index is -3.92. The van der Waals surface area contributed by atoms with Gasteiger partial charge in [0, 0.05) is 26.2 Å². The SMILES string of the molecule is CN1CCN(S(=O)(=O)c2ccc(C(=O)O)cc2F)CC1. The van der Waals surface area contributed by atoms with Gasteiger partial charge in [0.15, 0.2) is 0 Å². The monoisotopic (exact) mass is 302 g/mol. The number of piperazine rings is 1. The van der Waals surface area contributed by atoms with Crippen molar-refractivity contribution in [2.45, 2.75) is 4.90 Å². The van der Waals surface area contributed by atoms with Crippen LogP contribution in [0.3, 0.4) is 0 Å². The van der Waals surface area contributed by atoms with Crippen molar-refractivity contribution in [3.63, 3.8) is 0 Å². The number of nitrogens with zero attached hydrogens (tertiary/aromatic N) is 2. The maximum atomic E-state index is 13.9. The molecule has 0 spiro atoms. The van der Waals surface area contributed by atoms with Crippen LogP contribution in [0.1, 0.15) is 10.4 Å². The number of carbonyl (C=O) groups is 1. The molecule has 0 aromatic heterocycles. The van der Waals surface area contributed by atoms with Gasteiger partial charge in [-0.15, -0.1) is 0 Å². The highest BCUT2D eigenvalue weighted by atomic mass is 32.2. The third-order valence-corrected chi connectivity index (χ3v) is 5.19. The van der Waals surface area contributed by atoms with Crippen LogP contribution in [-0.4, -0.2) is 61.9 Å². The number of aromatic carboxylic acids is 1. The van der Waals surface area contributed by atoms with Crippen molar-refractivity contribution in [1.82, 2.24) is 9.21 Å². The molecule has 0 saturated carbocycles. The second-order valence-corrected chi connectivity index (χ2v) is 6.56. The highest BCUT2D eigenvalue weighted by Gasteiger charge is 2.30.